The predicted octanol–water partition coefficient (Wildman–Crippen LogP) is 1.50. The molecule has 0 aliphatic carbocycles. The van der Waals surface area contributed by atoms with E-state index in [-0.39, 0.29) is 11.5 Å². The molecule has 1 aromatic carbocycles. The van der Waals surface area contributed by atoms with Crippen molar-refractivity contribution in [2.45, 2.75) is 6.42 Å². The first-order valence-electron chi connectivity index (χ1n) is 4.64. The van der Waals surface area contributed by atoms with Crippen LogP contribution >= 0.6 is 0 Å². The summed E-state index contributed by atoms with van der Waals surface area (Å²) in [6.45, 7) is 0. The van der Waals surface area contributed by atoms with E-state index in [0.717, 1.165) is 5.56 Å². The normalized spacial score (nSPS) is 10.3. The molecule has 1 heterocycles. The fourth-order valence-corrected chi connectivity index (χ4v) is 1.45. The summed E-state index contributed by atoms with van der Waals surface area (Å²) in [7, 11) is 0. The van der Waals surface area contributed by atoms with Crippen LogP contribution in [0.1, 0.15) is 21.6 Å². The molecule has 0 radical (unpaired) electrons. The summed E-state index contributed by atoms with van der Waals surface area (Å²) in [4.78, 5) is 11.0. The van der Waals surface area contributed by atoms with Crippen molar-refractivity contribution in [3.05, 3.63) is 53.2 Å². The number of nitrogens with two attached hydrogens (primary N) is 1. The molecule has 0 bridgehead atoms. The molecule has 0 unspecified atom stereocenters. The maximum atomic E-state index is 12.9. The van der Waals surface area contributed by atoms with Gasteiger partial charge in [0.15, 0.2) is 5.69 Å². The van der Waals surface area contributed by atoms with Gasteiger partial charge in [0, 0.05) is 12.0 Å². The van der Waals surface area contributed by atoms with E-state index in [2.05, 4.69) is 9.68 Å². The molecule has 0 saturated carbocycles. The minimum atomic E-state index is -0.653. The van der Waals surface area contributed by atoms with Gasteiger partial charge in [-0.15, -0.1) is 0 Å². The monoisotopic (exact) mass is 220 g/mol. The smallest absolute Gasteiger partial charge is 0.271 e. The van der Waals surface area contributed by atoms with Gasteiger partial charge in [0.2, 0.25) is 0 Å². The summed E-state index contributed by atoms with van der Waals surface area (Å²) in [5, 5.41) is 3.49. The highest BCUT2D eigenvalue weighted by Crippen LogP contribution is 2.13. The van der Waals surface area contributed by atoms with Crippen LogP contribution in [0.25, 0.3) is 0 Å². The number of hydrogen-bond donors (Lipinski definition) is 1. The summed E-state index contributed by atoms with van der Waals surface area (Å²) in [6, 6.07) is 6.09. The van der Waals surface area contributed by atoms with E-state index in [1.807, 2.05) is 0 Å². The lowest BCUT2D eigenvalue weighted by atomic mass is 10.1. The lowest BCUT2D eigenvalue weighted by molar-refractivity contribution is 0.0991. The molecule has 1 amide bonds. The number of aromatic nitrogens is 1. The van der Waals surface area contributed by atoms with Gasteiger partial charge in [0.25, 0.3) is 5.91 Å². The SMILES string of the molecule is NC(=O)c1nocc1Cc1cccc(F)c1. The fourth-order valence-electron chi connectivity index (χ4n) is 1.45. The van der Waals surface area contributed by atoms with Crippen molar-refractivity contribution in [3.63, 3.8) is 0 Å². The number of primary amides is 1. The zero-order chi connectivity index (χ0) is 11.5. The van der Waals surface area contributed by atoms with E-state index >= 15 is 0 Å². The second-order valence-electron chi connectivity index (χ2n) is 3.36. The van der Waals surface area contributed by atoms with Crippen molar-refractivity contribution in [1.82, 2.24) is 5.16 Å². The first-order valence-corrected chi connectivity index (χ1v) is 4.64. The number of nitrogens with zero attached hydrogens (tertiary/aromatic N) is 1. The maximum Gasteiger partial charge on any atom is 0.271 e. The number of rotatable bonds is 3. The molecule has 0 saturated heterocycles. The van der Waals surface area contributed by atoms with Crippen LogP contribution in [0.3, 0.4) is 0 Å². The van der Waals surface area contributed by atoms with Crippen LogP contribution in [0.4, 0.5) is 4.39 Å². The first-order chi connectivity index (χ1) is 7.66. The van der Waals surface area contributed by atoms with Crippen LogP contribution in [-0.2, 0) is 6.42 Å². The molecule has 0 fully saturated rings. The van der Waals surface area contributed by atoms with E-state index in [0.29, 0.717) is 12.0 Å². The molecule has 0 spiro atoms. The Kier molecular flexibility index (Phi) is 2.68. The van der Waals surface area contributed by atoms with Gasteiger partial charge in [-0.25, -0.2) is 4.39 Å². The summed E-state index contributed by atoms with van der Waals surface area (Å²) in [5.41, 5.74) is 6.48. The van der Waals surface area contributed by atoms with Crippen LogP contribution in [0.15, 0.2) is 35.1 Å². The van der Waals surface area contributed by atoms with Crippen molar-refractivity contribution in [2.75, 3.05) is 0 Å². The topological polar surface area (TPSA) is 69.1 Å². The Morgan fingerprint density at radius 2 is 2.31 bits per heavy atom. The van der Waals surface area contributed by atoms with E-state index in [4.69, 9.17) is 5.73 Å². The third-order valence-electron chi connectivity index (χ3n) is 2.16. The van der Waals surface area contributed by atoms with Gasteiger partial charge in [0.05, 0.1) is 0 Å². The van der Waals surface area contributed by atoms with Crippen molar-refractivity contribution in [3.8, 4) is 0 Å². The summed E-state index contributed by atoms with van der Waals surface area (Å²) < 4.78 is 17.6. The van der Waals surface area contributed by atoms with Crippen LogP contribution in [0.5, 0.6) is 0 Å². The maximum absolute atomic E-state index is 12.9. The third kappa shape index (κ3) is 2.08. The van der Waals surface area contributed by atoms with Crippen molar-refractivity contribution >= 4 is 5.91 Å². The quantitative estimate of drug-likeness (QED) is 0.852. The van der Waals surface area contributed by atoms with Crippen molar-refractivity contribution in [2.24, 2.45) is 5.73 Å². The number of carbonyl (C=O) groups is 1. The van der Waals surface area contributed by atoms with Gasteiger partial charge < -0.3 is 10.3 Å². The van der Waals surface area contributed by atoms with Gasteiger partial charge in [-0.3, -0.25) is 4.79 Å². The third-order valence-corrected chi connectivity index (χ3v) is 2.16. The van der Waals surface area contributed by atoms with E-state index in [9.17, 15) is 9.18 Å². The van der Waals surface area contributed by atoms with Gasteiger partial charge in [-0.2, -0.15) is 0 Å². The van der Waals surface area contributed by atoms with Gasteiger partial charge >= 0.3 is 0 Å². The lowest BCUT2D eigenvalue weighted by Crippen LogP contribution is -2.13. The van der Waals surface area contributed by atoms with Gasteiger partial charge in [-0.05, 0) is 17.7 Å². The highest BCUT2D eigenvalue weighted by atomic mass is 19.1. The Labute approximate surface area is 90.9 Å². The second-order valence-corrected chi connectivity index (χ2v) is 3.36. The Morgan fingerprint density at radius 3 is 3.00 bits per heavy atom. The van der Waals surface area contributed by atoms with Crippen molar-refractivity contribution in [1.29, 1.82) is 0 Å². The molecule has 2 rings (SSSR count). The standard InChI is InChI=1S/C11H9FN2O2/c12-9-3-1-2-7(5-9)4-8-6-16-14-10(8)11(13)15/h1-3,5-6H,4H2,(H2,13,15). The Balaban J connectivity index is 2.27. The minimum Gasteiger partial charge on any atom is -0.364 e. The number of benzene rings is 1. The number of amides is 1. The van der Waals surface area contributed by atoms with Crippen LogP contribution in [-0.4, -0.2) is 11.1 Å². The molecule has 0 aliphatic heterocycles. The van der Waals surface area contributed by atoms with E-state index < -0.39 is 5.91 Å². The summed E-state index contributed by atoms with van der Waals surface area (Å²) in [6.07, 6.45) is 1.70. The highest BCUT2D eigenvalue weighted by Gasteiger charge is 2.13. The summed E-state index contributed by atoms with van der Waals surface area (Å²) >= 11 is 0. The van der Waals surface area contributed by atoms with Gasteiger partial charge in [-0.1, -0.05) is 17.3 Å². The molecular weight excluding hydrogens is 211 g/mol. The molecule has 4 nitrogen and oxygen atoms in total. The molecule has 0 aliphatic rings. The minimum absolute atomic E-state index is 0.0873. The van der Waals surface area contributed by atoms with Crippen molar-refractivity contribution < 1.29 is 13.7 Å². The first kappa shape index (κ1) is 10.4. The average molecular weight is 220 g/mol. The van der Waals surface area contributed by atoms with E-state index in [1.165, 1.54) is 18.4 Å². The zero-order valence-electron chi connectivity index (χ0n) is 8.31. The van der Waals surface area contributed by atoms with Gasteiger partial charge in [0.1, 0.15) is 12.1 Å². The Bertz CT molecular complexity index is 522. The number of carbonyl (C=O) groups excluding carboxylic acids is 1. The highest BCUT2D eigenvalue weighted by molar-refractivity contribution is 5.92. The largest absolute Gasteiger partial charge is 0.364 e. The molecule has 1 aromatic heterocycles. The molecule has 2 aromatic rings. The predicted molar refractivity (Wildman–Crippen MR) is 54.2 cm³/mol. The number of halogens is 1. The Hall–Kier alpha value is -2.17. The van der Waals surface area contributed by atoms with Crippen LogP contribution < -0.4 is 5.73 Å². The Morgan fingerprint density at radius 1 is 1.50 bits per heavy atom. The summed E-state index contributed by atoms with van der Waals surface area (Å²) in [5.74, 6) is -0.977. The molecule has 2 N–H and O–H groups in total. The molecule has 5 heteroatoms. The average Bonchev–Trinajstić information content (AvgIpc) is 2.66. The molecule has 0 atom stereocenters. The molecule has 82 valence electrons. The molecular formula is C11H9FN2O2. The van der Waals surface area contributed by atoms with E-state index in [1.54, 1.807) is 12.1 Å². The lowest BCUT2D eigenvalue weighted by Gasteiger charge is -1.99. The fraction of sp³-hybridized carbons (Fsp3) is 0.0909. The van der Waals surface area contributed by atoms with Crippen LogP contribution in [0.2, 0.25) is 0 Å². The zero-order valence-corrected chi connectivity index (χ0v) is 8.31. The second kappa shape index (κ2) is 4.14. The molecule has 16 heavy (non-hydrogen) atoms. The van der Waals surface area contributed by atoms with Crippen LogP contribution in [0, 0.1) is 5.82 Å². The number of hydrogen-bond acceptors (Lipinski definition) is 3.